The number of carbonyl (C=O) groups excluding carboxylic acids is 1. The van der Waals surface area contributed by atoms with Crippen LogP contribution in [0.3, 0.4) is 0 Å². The third-order valence-corrected chi connectivity index (χ3v) is 3.88. The molecular weight excluding hydrogens is 268 g/mol. The molecule has 13 heavy (non-hydrogen) atoms. The fourth-order valence-corrected chi connectivity index (χ4v) is 3.10. The van der Waals surface area contributed by atoms with Gasteiger partial charge in [-0.05, 0) is 58.1 Å². The lowest BCUT2D eigenvalue weighted by Gasteiger charge is -1.88. The van der Waals surface area contributed by atoms with E-state index in [9.17, 15) is 4.79 Å². The van der Waals surface area contributed by atoms with E-state index < -0.39 is 0 Å². The fraction of sp³-hybridized carbons (Fsp3) is 0. The molecule has 0 saturated heterocycles. The molecule has 4 heteroatoms. The molecular formula is C9H5BrOS2. The molecule has 1 aromatic rings. The average molecular weight is 273 g/mol. The molecule has 1 nitrogen and oxygen atoms in total. The molecule has 2 heterocycles. The second kappa shape index (κ2) is 3.82. The van der Waals surface area contributed by atoms with Crippen molar-refractivity contribution >= 4 is 50.2 Å². The van der Waals surface area contributed by atoms with Gasteiger partial charge in [-0.3, -0.25) is 4.79 Å². The van der Waals surface area contributed by atoms with Gasteiger partial charge in [0.15, 0.2) is 0 Å². The van der Waals surface area contributed by atoms with Crippen LogP contribution in [-0.2, 0) is 4.79 Å². The summed E-state index contributed by atoms with van der Waals surface area (Å²) >= 11 is 6.32. The van der Waals surface area contributed by atoms with Crippen LogP contribution in [0.5, 0.6) is 0 Å². The Hall–Kier alpha value is -0.320. The van der Waals surface area contributed by atoms with Gasteiger partial charge in [0.25, 0.3) is 0 Å². The Kier molecular flexibility index (Phi) is 2.71. The number of halogens is 1. The molecule has 2 rings (SSSR count). The minimum atomic E-state index is 0.113. The summed E-state index contributed by atoms with van der Waals surface area (Å²) in [6, 6.07) is 4.03. The molecule has 1 aliphatic heterocycles. The van der Waals surface area contributed by atoms with Gasteiger partial charge < -0.3 is 0 Å². The summed E-state index contributed by atoms with van der Waals surface area (Å²) in [6.45, 7) is 0. The van der Waals surface area contributed by atoms with Gasteiger partial charge in [0, 0.05) is 9.78 Å². The van der Waals surface area contributed by atoms with Crippen molar-refractivity contribution in [1.29, 1.82) is 0 Å². The highest BCUT2D eigenvalue weighted by Gasteiger charge is 2.09. The van der Waals surface area contributed by atoms with E-state index in [2.05, 4.69) is 15.9 Å². The number of hydrogen-bond acceptors (Lipinski definition) is 3. The Balaban J connectivity index is 2.22. The first-order valence-electron chi connectivity index (χ1n) is 3.61. The van der Waals surface area contributed by atoms with Crippen LogP contribution in [0.1, 0.15) is 4.88 Å². The maximum absolute atomic E-state index is 10.9. The fourth-order valence-electron chi connectivity index (χ4n) is 0.958. The first kappa shape index (κ1) is 9.24. The lowest BCUT2D eigenvalue weighted by Crippen LogP contribution is -1.73. The maximum Gasteiger partial charge on any atom is 0.216 e. The molecule has 0 unspecified atom stereocenters. The zero-order chi connectivity index (χ0) is 9.26. The predicted molar refractivity (Wildman–Crippen MR) is 61.7 cm³/mol. The zero-order valence-electron chi connectivity index (χ0n) is 6.49. The molecule has 1 aromatic heterocycles. The standard InChI is InChI=1S/C9H5BrOS2/c10-8-3-1-6(12-8)5-7-2-4-9(11)13-7/h1-5H/b7-5+. The summed E-state index contributed by atoms with van der Waals surface area (Å²) in [6.07, 6.45) is 5.46. The SMILES string of the molecule is O=C1C=C/C(=C\c2ccc(Br)s2)S1. The van der Waals surface area contributed by atoms with Gasteiger partial charge in [-0.2, -0.15) is 0 Å². The molecule has 1 aliphatic rings. The van der Waals surface area contributed by atoms with Crippen molar-refractivity contribution < 1.29 is 4.79 Å². The van der Waals surface area contributed by atoms with Crippen LogP contribution in [0.15, 0.2) is 33.0 Å². The highest BCUT2D eigenvalue weighted by atomic mass is 79.9. The lowest BCUT2D eigenvalue weighted by molar-refractivity contribution is -0.106. The van der Waals surface area contributed by atoms with Crippen LogP contribution in [-0.4, -0.2) is 5.12 Å². The molecule has 0 N–H and O–H groups in total. The number of hydrogen-bond donors (Lipinski definition) is 0. The van der Waals surface area contributed by atoms with Gasteiger partial charge in [0.05, 0.1) is 3.79 Å². The van der Waals surface area contributed by atoms with E-state index in [1.165, 1.54) is 11.8 Å². The van der Waals surface area contributed by atoms with Crippen molar-refractivity contribution in [3.63, 3.8) is 0 Å². The van der Waals surface area contributed by atoms with Crippen LogP contribution >= 0.6 is 39.0 Å². The average Bonchev–Trinajstić information content (AvgIpc) is 2.62. The van der Waals surface area contributed by atoms with Gasteiger partial charge in [-0.1, -0.05) is 0 Å². The summed E-state index contributed by atoms with van der Waals surface area (Å²) in [5.41, 5.74) is 0. The van der Waals surface area contributed by atoms with Crippen LogP contribution in [0.25, 0.3) is 6.08 Å². The molecule has 0 bridgehead atoms. The normalized spacial score (nSPS) is 18.8. The summed E-state index contributed by atoms with van der Waals surface area (Å²) in [7, 11) is 0. The number of allylic oxidation sites excluding steroid dienone is 1. The minimum Gasteiger partial charge on any atom is -0.282 e. The molecule has 0 fully saturated rings. The molecule has 66 valence electrons. The number of rotatable bonds is 1. The van der Waals surface area contributed by atoms with Gasteiger partial charge in [-0.15, -0.1) is 11.3 Å². The van der Waals surface area contributed by atoms with E-state index >= 15 is 0 Å². The van der Waals surface area contributed by atoms with Crippen molar-refractivity contribution in [3.8, 4) is 0 Å². The maximum atomic E-state index is 10.9. The summed E-state index contributed by atoms with van der Waals surface area (Å²) in [5.74, 6) is 0. The van der Waals surface area contributed by atoms with Crippen LogP contribution in [0, 0.1) is 0 Å². The van der Waals surface area contributed by atoms with Crippen molar-refractivity contribution in [2.24, 2.45) is 0 Å². The third-order valence-electron chi connectivity index (χ3n) is 1.48. The second-order valence-electron chi connectivity index (χ2n) is 2.44. The molecule has 0 aliphatic carbocycles. The molecule has 0 radical (unpaired) electrons. The van der Waals surface area contributed by atoms with Gasteiger partial charge >= 0.3 is 0 Å². The van der Waals surface area contributed by atoms with E-state index in [1.807, 2.05) is 24.3 Å². The summed E-state index contributed by atoms with van der Waals surface area (Å²) in [5, 5.41) is 0.113. The smallest absolute Gasteiger partial charge is 0.216 e. The first-order valence-corrected chi connectivity index (χ1v) is 6.03. The van der Waals surface area contributed by atoms with E-state index in [4.69, 9.17) is 0 Å². The Morgan fingerprint density at radius 3 is 2.69 bits per heavy atom. The highest BCUT2D eigenvalue weighted by Crippen LogP contribution is 2.30. The minimum absolute atomic E-state index is 0.113. The predicted octanol–water partition coefficient (Wildman–Crippen LogP) is 3.68. The summed E-state index contributed by atoms with van der Waals surface area (Å²) < 4.78 is 1.11. The second-order valence-corrected chi connectivity index (χ2v) is 6.02. The van der Waals surface area contributed by atoms with E-state index in [1.54, 1.807) is 17.4 Å². The molecule has 0 saturated carbocycles. The number of thioether (sulfide) groups is 1. The first-order chi connectivity index (χ1) is 6.24. The molecule has 0 aromatic carbocycles. The molecule has 0 spiro atoms. The Labute approximate surface area is 92.7 Å². The van der Waals surface area contributed by atoms with Crippen LogP contribution in [0.2, 0.25) is 0 Å². The van der Waals surface area contributed by atoms with E-state index in [0.717, 1.165) is 13.6 Å². The van der Waals surface area contributed by atoms with Crippen molar-refractivity contribution in [3.05, 3.63) is 37.9 Å². The molecule has 0 amide bonds. The third kappa shape index (κ3) is 2.33. The Bertz CT molecular complexity index is 404. The molecule has 0 atom stereocenters. The quantitative estimate of drug-likeness (QED) is 0.776. The van der Waals surface area contributed by atoms with Crippen LogP contribution in [0.4, 0.5) is 0 Å². The Morgan fingerprint density at radius 1 is 1.31 bits per heavy atom. The van der Waals surface area contributed by atoms with E-state index in [0.29, 0.717) is 0 Å². The Morgan fingerprint density at radius 2 is 2.15 bits per heavy atom. The monoisotopic (exact) mass is 272 g/mol. The van der Waals surface area contributed by atoms with E-state index in [-0.39, 0.29) is 5.12 Å². The van der Waals surface area contributed by atoms with Crippen LogP contribution < -0.4 is 0 Å². The summed E-state index contributed by atoms with van der Waals surface area (Å²) in [4.78, 5) is 13.1. The topological polar surface area (TPSA) is 17.1 Å². The zero-order valence-corrected chi connectivity index (χ0v) is 9.71. The van der Waals surface area contributed by atoms with Gasteiger partial charge in [0.1, 0.15) is 0 Å². The van der Waals surface area contributed by atoms with Crippen molar-refractivity contribution in [2.45, 2.75) is 0 Å². The van der Waals surface area contributed by atoms with Crippen molar-refractivity contribution in [1.82, 2.24) is 0 Å². The lowest BCUT2D eigenvalue weighted by atomic mass is 10.4. The number of thiophene rings is 1. The largest absolute Gasteiger partial charge is 0.282 e. The van der Waals surface area contributed by atoms with Gasteiger partial charge in [0.2, 0.25) is 5.12 Å². The van der Waals surface area contributed by atoms with Crippen molar-refractivity contribution in [2.75, 3.05) is 0 Å². The highest BCUT2D eigenvalue weighted by molar-refractivity contribution is 9.11. The van der Waals surface area contributed by atoms with Gasteiger partial charge in [-0.25, -0.2) is 0 Å². The number of carbonyl (C=O) groups is 1.